The number of nitrogens with zero attached hydrogens (tertiary/aromatic N) is 1. The van der Waals surface area contributed by atoms with Crippen molar-refractivity contribution in [2.45, 2.75) is 51.0 Å². The Hall–Kier alpha value is -1.68. The van der Waals surface area contributed by atoms with Crippen LogP contribution in [0.4, 0.5) is 0 Å². The predicted octanol–water partition coefficient (Wildman–Crippen LogP) is 5.01. The van der Waals surface area contributed by atoms with Crippen molar-refractivity contribution in [3.05, 3.63) is 71.8 Å². The minimum Gasteiger partial charge on any atom is -0.348 e. The van der Waals surface area contributed by atoms with Crippen molar-refractivity contribution >= 4 is 0 Å². The van der Waals surface area contributed by atoms with Gasteiger partial charge < -0.3 is 9.47 Å². The van der Waals surface area contributed by atoms with Crippen molar-refractivity contribution in [3.8, 4) is 0 Å². The summed E-state index contributed by atoms with van der Waals surface area (Å²) in [5.41, 5.74) is 3.33. The molecule has 1 atom stereocenters. The van der Waals surface area contributed by atoms with Crippen LogP contribution in [0.1, 0.15) is 43.2 Å². The Morgan fingerprint density at radius 2 is 1.29 bits per heavy atom. The van der Waals surface area contributed by atoms with Crippen molar-refractivity contribution in [2.24, 2.45) is 11.3 Å². The highest BCUT2D eigenvalue weighted by molar-refractivity contribution is 5.17. The Labute approximate surface area is 168 Å². The number of ether oxygens (including phenoxy) is 2. The van der Waals surface area contributed by atoms with E-state index in [-0.39, 0.29) is 5.79 Å². The van der Waals surface area contributed by atoms with E-state index in [4.69, 9.17) is 9.47 Å². The Morgan fingerprint density at radius 1 is 0.750 bits per heavy atom. The zero-order valence-corrected chi connectivity index (χ0v) is 16.7. The number of hydrogen-bond donors (Lipinski definition) is 0. The monoisotopic (exact) mass is 377 g/mol. The van der Waals surface area contributed by atoms with Gasteiger partial charge in [0.2, 0.25) is 0 Å². The minimum absolute atomic E-state index is 0.288. The van der Waals surface area contributed by atoms with Crippen molar-refractivity contribution in [1.29, 1.82) is 0 Å². The topological polar surface area (TPSA) is 21.7 Å². The molecule has 148 valence electrons. The van der Waals surface area contributed by atoms with Gasteiger partial charge >= 0.3 is 0 Å². The van der Waals surface area contributed by atoms with Crippen LogP contribution in [0.2, 0.25) is 0 Å². The zero-order chi connectivity index (χ0) is 18.9. The summed E-state index contributed by atoms with van der Waals surface area (Å²) in [4.78, 5) is 2.64. The molecule has 1 aliphatic heterocycles. The first-order chi connectivity index (χ1) is 13.8. The quantitative estimate of drug-likeness (QED) is 0.706. The minimum atomic E-state index is -0.288. The average Bonchev–Trinajstić information content (AvgIpc) is 3.38. The Morgan fingerprint density at radius 3 is 1.82 bits per heavy atom. The van der Waals surface area contributed by atoms with Crippen molar-refractivity contribution in [3.63, 3.8) is 0 Å². The van der Waals surface area contributed by atoms with Gasteiger partial charge in [-0.1, -0.05) is 60.7 Å². The van der Waals surface area contributed by atoms with Gasteiger partial charge in [0.05, 0.1) is 13.2 Å². The highest BCUT2D eigenvalue weighted by atomic mass is 16.7. The highest BCUT2D eigenvalue weighted by Crippen LogP contribution is 2.62. The molecule has 0 bridgehead atoms. The van der Waals surface area contributed by atoms with Gasteiger partial charge in [0, 0.05) is 32.5 Å². The molecule has 0 aromatic heterocycles. The summed E-state index contributed by atoms with van der Waals surface area (Å²) in [6, 6.07) is 21.8. The normalized spacial score (nSPS) is 24.8. The van der Waals surface area contributed by atoms with Gasteiger partial charge in [-0.3, -0.25) is 4.90 Å². The summed E-state index contributed by atoms with van der Waals surface area (Å²) in [7, 11) is 0. The van der Waals surface area contributed by atoms with E-state index in [2.05, 4.69) is 65.6 Å². The molecular weight excluding hydrogens is 346 g/mol. The van der Waals surface area contributed by atoms with E-state index in [1.807, 2.05) is 0 Å². The number of benzene rings is 2. The molecule has 3 aliphatic rings. The van der Waals surface area contributed by atoms with Crippen molar-refractivity contribution < 1.29 is 9.47 Å². The van der Waals surface area contributed by atoms with Crippen LogP contribution in [0.15, 0.2) is 60.7 Å². The summed E-state index contributed by atoms with van der Waals surface area (Å²) < 4.78 is 12.2. The van der Waals surface area contributed by atoms with Gasteiger partial charge in [0.25, 0.3) is 0 Å². The predicted molar refractivity (Wildman–Crippen MR) is 111 cm³/mol. The molecule has 1 saturated heterocycles. The number of rotatable bonds is 6. The molecular formula is C25H31NO2. The fraction of sp³-hybridized carbons (Fsp3) is 0.520. The van der Waals surface area contributed by atoms with Crippen molar-refractivity contribution in [2.75, 3.05) is 19.8 Å². The largest absolute Gasteiger partial charge is 0.348 e. The molecule has 2 aliphatic carbocycles. The molecule has 2 aromatic carbocycles. The first-order valence-corrected chi connectivity index (χ1v) is 10.8. The fourth-order valence-corrected chi connectivity index (χ4v) is 5.35. The summed E-state index contributed by atoms with van der Waals surface area (Å²) in [5.74, 6) is 0.371. The molecule has 0 unspecified atom stereocenters. The van der Waals surface area contributed by atoms with Crippen LogP contribution in [-0.4, -0.2) is 30.4 Å². The van der Waals surface area contributed by atoms with Crippen LogP contribution in [-0.2, 0) is 22.6 Å². The summed E-state index contributed by atoms with van der Waals surface area (Å²) in [6.07, 6.45) is 6.19. The zero-order valence-electron chi connectivity index (χ0n) is 16.7. The fourth-order valence-electron chi connectivity index (χ4n) is 5.35. The van der Waals surface area contributed by atoms with E-state index in [1.54, 1.807) is 0 Å². The molecule has 1 heterocycles. The molecule has 0 radical (unpaired) electrons. The van der Waals surface area contributed by atoms with Crippen LogP contribution in [0.25, 0.3) is 0 Å². The van der Waals surface area contributed by atoms with E-state index < -0.39 is 0 Å². The molecule has 0 N–H and O–H groups in total. The molecule has 2 spiro atoms. The molecule has 3 nitrogen and oxygen atoms in total. The summed E-state index contributed by atoms with van der Waals surface area (Å²) >= 11 is 0. The summed E-state index contributed by atoms with van der Waals surface area (Å²) in [6.45, 7) is 4.64. The molecule has 3 fully saturated rings. The second kappa shape index (κ2) is 7.62. The van der Waals surface area contributed by atoms with Crippen LogP contribution in [0.3, 0.4) is 0 Å². The van der Waals surface area contributed by atoms with E-state index in [9.17, 15) is 0 Å². The van der Waals surface area contributed by atoms with Gasteiger partial charge in [0.15, 0.2) is 5.79 Å². The molecule has 2 aromatic rings. The van der Waals surface area contributed by atoms with Gasteiger partial charge in [-0.2, -0.15) is 0 Å². The van der Waals surface area contributed by atoms with E-state index in [0.29, 0.717) is 11.3 Å². The molecule has 2 saturated carbocycles. The van der Waals surface area contributed by atoms with E-state index in [1.165, 1.54) is 30.4 Å². The van der Waals surface area contributed by atoms with Gasteiger partial charge in [0.1, 0.15) is 0 Å². The van der Waals surface area contributed by atoms with Crippen LogP contribution < -0.4 is 0 Å². The van der Waals surface area contributed by atoms with Crippen LogP contribution >= 0.6 is 0 Å². The van der Waals surface area contributed by atoms with Crippen LogP contribution in [0, 0.1) is 11.3 Å². The second-order valence-electron chi connectivity index (χ2n) is 9.01. The Bertz CT molecular complexity index is 724. The van der Waals surface area contributed by atoms with E-state index in [0.717, 1.165) is 45.7 Å². The van der Waals surface area contributed by atoms with Crippen molar-refractivity contribution in [1.82, 2.24) is 4.90 Å². The van der Waals surface area contributed by atoms with Gasteiger partial charge in [-0.25, -0.2) is 0 Å². The Kier molecular flexibility index (Phi) is 5.00. The molecule has 3 heteroatoms. The SMILES string of the molecule is c1ccc(CN(Cc2ccccc2)C[C@@H]2CC3(CCC24CC4)OCCO3)cc1. The third kappa shape index (κ3) is 3.89. The van der Waals surface area contributed by atoms with E-state index >= 15 is 0 Å². The Balaban J connectivity index is 1.35. The lowest BCUT2D eigenvalue weighted by atomic mass is 9.73. The summed E-state index contributed by atoms with van der Waals surface area (Å²) in [5, 5.41) is 0. The maximum absolute atomic E-state index is 6.11. The first-order valence-electron chi connectivity index (χ1n) is 10.8. The third-order valence-corrected chi connectivity index (χ3v) is 7.11. The third-order valence-electron chi connectivity index (χ3n) is 7.11. The van der Waals surface area contributed by atoms with Gasteiger partial charge in [-0.05, 0) is 41.7 Å². The molecule has 5 rings (SSSR count). The number of hydrogen-bond acceptors (Lipinski definition) is 3. The highest BCUT2D eigenvalue weighted by Gasteiger charge is 2.57. The smallest absolute Gasteiger partial charge is 0.168 e. The standard InChI is InChI=1S/C25H31NO2/c1-3-7-21(8-4-1)18-26(19-22-9-5-2-6-10-22)20-23-17-25(27-15-16-28-25)14-13-24(23)11-12-24/h1-10,23H,11-20H2/t23-/m0/s1. The lowest BCUT2D eigenvalue weighted by Gasteiger charge is -2.43. The lowest BCUT2D eigenvalue weighted by molar-refractivity contribution is -0.199. The molecule has 0 amide bonds. The van der Waals surface area contributed by atoms with Gasteiger partial charge in [-0.15, -0.1) is 0 Å². The second-order valence-corrected chi connectivity index (χ2v) is 9.01. The maximum Gasteiger partial charge on any atom is 0.168 e. The van der Waals surface area contributed by atoms with Crippen LogP contribution in [0.5, 0.6) is 0 Å². The lowest BCUT2D eigenvalue weighted by Crippen LogP contribution is -2.45. The maximum atomic E-state index is 6.11. The molecule has 28 heavy (non-hydrogen) atoms. The first kappa shape index (κ1) is 18.4. The average molecular weight is 378 g/mol.